The van der Waals surface area contributed by atoms with Crippen LogP contribution in [0.25, 0.3) is 10.4 Å². The van der Waals surface area contributed by atoms with Gasteiger partial charge < -0.3 is 10.2 Å². The zero-order valence-electron chi connectivity index (χ0n) is 17.9. The minimum absolute atomic E-state index is 0.135. The van der Waals surface area contributed by atoms with Gasteiger partial charge in [-0.15, -0.1) is 11.3 Å². The predicted octanol–water partition coefficient (Wildman–Crippen LogP) is 2.73. The SMILES string of the molecule is CCn1ccc(NC(=O)[C@@H]2CN(C(=O)c3nc(C)sc3-c3ccccc3)CCN2C)n1. The lowest BCUT2D eigenvalue weighted by molar-refractivity contribution is -0.122. The summed E-state index contributed by atoms with van der Waals surface area (Å²) in [6.07, 6.45) is 1.83. The number of anilines is 1. The van der Waals surface area contributed by atoms with Gasteiger partial charge in [0, 0.05) is 38.4 Å². The first-order valence-electron chi connectivity index (χ1n) is 10.3. The second-order valence-electron chi connectivity index (χ2n) is 7.57. The van der Waals surface area contributed by atoms with Crippen molar-refractivity contribution >= 4 is 29.0 Å². The molecule has 3 aromatic rings. The van der Waals surface area contributed by atoms with Crippen molar-refractivity contribution in [2.45, 2.75) is 26.4 Å². The van der Waals surface area contributed by atoms with Crippen molar-refractivity contribution in [3.63, 3.8) is 0 Å². The van der Waals surface area contributed by atoms with E-state index in [9.17, 15) is 9.59 Å². The molecule has 1 aliphatic heterocycles. The van der Waals surface area contributed by atoms with Crippen LogP contribution in [0.1, 0.15) is 22.4 Å². The number of carbonyl (C=O) groups excluding carboxylic acids is 2. The molecule has 1 N–H and O–H groups in total. The van der Waals surface area contributed by atoms with E-state index in [4.69, 9.17) is 0 Å². The van der Waals surface area contributed by atoms with Crippen LogP contribution in [0.3, 0.4) is 0 Å². The van der Waals surface area contributed by atoms with Gasteiger partial charge in [-0.3, -0.25) is 19.2 Å². The molecular weight excluding hydrogens is 412 g/mol. The van der Waals surface area contributed by atoms with Crippen LogP contribution in [-0.2, 0) is 11.3 Å². The zero-order chi connectivity index (χ0) is 22.0. The van der Waals surface area contributed by atoms with Crippen LogP contribution in [0.5, 0.6) is 0 Å². The molecule has 162 valence electrons. The monoisotopic (exact) mass is 438 g/mol. The molecule has 3 heterocycles. The molecule has 2 amide bonds. The van der Waals surface area contributed by atoms with Crippen LogP contribution in [0.4, 0.5) is 5.82 Å². The van der Waals surface area contributed by atoms with E-state index in [1.54, 1.807) is 15.6 Å². The third-order valence-corrected chi connectivity index (χ3v) is 6.45. The maximum absolute atomic E-state index is 13.4. The molecule has 0 unspecified atom stereocenters. The molecule has 0 spiro atoms. The van der Waals surface area contributed by atoms with Gasteiger partial charge in [-0.1, -0.05) is 30.3 Å². The van der Waals surface area contributed by atoms with E-state index in [0.29, 0.717) is 31.1 Å². The Kier molecular flexibility index (Phi) is 6.15. The third kappa shape index (κ3) is 4.52. The highest BCUT2D eigenvalue weighted by molar-refractivity contribution is 7.15. The first-order valence-corrected chi connectivity index (χ1v) is 11.1. The standard InChI is InChI=1S/C22H26N6O2S/c1-4-28-11-10-18(25-28)24-21(29)17-14-27(13-12-26(17)3)22(30)19-20(31-15(2)23-19)16-8-6-5-7-9-16/h5-11,17H,4,12-14H2,1-3H3,(H,24,25,29)/t17-/m0/s1. The fourth-order valence-corrected chi connectivity index (χ4v) is 4.58. The van der Waals surface area contributed by atoms with Crippen molar-refractivity contribution in [3.8, 4) is 10.4 Å². The van der Waals surface area contributed by atoms with Gasteiger partial charge in [-0.05, 0) is 26.5 Å². The highest BCUT2D eigenvalue weighted by atomic mass is 32.1. The molecule has 4 rings (SSSR count). The van der Waals surface area contributed by atoms with Crippen LogP contribution in [0, 0.1) is 6.92 Å². The largest absolute Gasteiger partial charge is 0.334 e. The summed E-state index contributed by atoms with van der Waals surface area (Å²) < 4.78 is 1.76. The summed E-state index contributed by atoms with van der Waals surface area (Å²) in [6.45, 7) is 6.09. The zero-order valence-corrected chi connectivity index (χ0v) is 18.7. The number of likely N-dealkylation sites (N-methyl/N-ethyl adjacent to an activating group) is 1. The lowest BCUT2D eigenvalue weighted by atomic mass is 10.1. The van der Waals surface area contributed by atoms with Gasteiger partial charge in [0.1, 0.15) is 11.7 Å². The normalized spacial score (nSPS) is 17.0. The predicted molar refractivity (Wildman–Crippen MR) is 121 cm³/mol. The first kappa shape index (κ1) is 21.2. The number of nitrogens with one attached hydrogen (secondary N) is 1. The number of hydrogen-bond donors (Lipinski definition) is 1. The maximum atomic E-state index is 13.4. The lowest BCUT2D eigenvalue weighted by Gasteiger charge is -2.38. The maximum Gasteiger partial charge on any atom is 0.274 e. The van der Waals surface area contributed by atoms with E-state index in [1.165, 1.54) is 11.3 Å². The Balaban J connectivity index is 1.52. The summed E-state index contributed by atoms with van der Waals surface area (Å²) in [5, 5.41) is 8.03. The highest BCUT2D eigenvalue weighted by Gasteiger charge is 2.34. The van der Waals surface area contributed by atoms with Crippen LogP contribution < -0.4 is 5.32 Å². The van der Waals surface area contributed by atoms with Crippen molar-refractivity contribution in [2.24, 2.45) is 0 Å². The number of carbonyl (C=O) groups is 2. The second-order valence-corrected chi connectivity index (χ2v) is 8.77. The molecular formula is C22H26N6O2S. The van der Waals surface area contributed by atoms with E-state index in [2.05, 4.69) is 15.4 Å². The number of amides is 2. The van der Waals surface area contributed by atoms with Crippen molar-refractivity contribution in [1.29, 1.82) is 0 Å². The second kappa shape index (κ2) is 8.99. The van der Waals surface area contributed by atoms with Gasteiger partial charge in [0.2, 0.25) is 5.91 Å². The van der Waals surface area contributed by atoms with Gasteiger partial charge in [0.15, 0.2) is 5.82 Å². The van der Waals surface area contributed by atoms with Crippen molar-refractivity contribution < 1.29 is 9.59 Å². The molecule has 1 saturated heterocycles. The third-order valence-electron chi connectivity index (χ3n) is 5.43. The number of rotatable bonds is 5. The molecule has 0 bridgehead atoms. The number of thiazole rings is 1. The van der Waals surface area contributed by atoms with Gasteiger partial charge in [0.25, 0.3) is 5.91 Å². The van der Waals surface area contributed by atoms with Crippen molar-refractivity contribution in [3.05, 3.63) is 53.3 Å². The molecule has 31 heavy (non-hydrogen) atoms. The number of hydrogen-bond acceptors (Lipinski definition) is 6. The van der Waals surface area contributed by atoms with E-state index >= 15 is 0 Å². The average molecular weight is 439 g/mol. The molecule has 0 radical (unpaired) electrons. The van der Waals surface area contributed by atoms with Gasteiger partial charge in [0.05, 0.1) is 9.88 Å². The number of benzene rings is 1. The minimum atomic E-state index is -0.454. The summed E-state index contributed by atoms with van der Waals surface area (Å²) in [5.41, 5.74) is 1.44. The topological polar surface area (TPSA) is 83.4 Å². The Hall–Kier alpha value is -3.04. The van der Waals surface area contributed by atoms with Crippen LogP contribution >= 0.6 is 11.3 Å². The highest BCUT2D eigenvalue weighted by Crippen LogP contribution is 2.31. The smallest absolute Gasteiger partial charge is 0.274 e. The first-order chi connectivity index (χ1) is 15.0. The molecule has 9 heteroatoms. The number of nitrogens with zero attached hydrogens (tertiary/aromatic N) is 5. The van der Waals surface area contributed by atoms with Crippen LogP contribution in [0.15, 0.2) is 42.6 Å². The number of aryl methyl sites for hydroxylation is 2. The fraction of sp³-hybridized carbons (Fsp3) is 0.364. The Labute approximate surface area is 185 Å². The van der Waals surface area contributed by atoms with E-state index in [0.717, 1.165) is 22.0 Å². The summed E-state index contributed by atoms with van der Waals surface area (Å²) in [6, 6.07) is 11.1. The molecule has 1 aromatic carbocycles. The summed E-state index contributed by atoms with van der Waals surface area (Å²) in [4.78, 5) is 35.4. The summed E-state index contributed by atoms with van der Waals surface area (Å²) in [7, 11) is 1.90. The molecule has 1 aliphatic rings. The summed E-state index contributed by atoms with van der Waals surface area (Å²) in [5.74, 6) is 0.216. The van der Waals surface area contributed by atoms with E-state index < -0.39 is 6.04 Å². The average Bonchev–Trinajstić information content (AvgIpc) is 3.40. The quantitative estimate of drug-likeness (QED) is 0.662. The molecule has 2 aromatic heterocycles. The van der Waals surface area contributed by atoms with Gasteiger partial charge in [-0.25, -0.2) is 4.98 Å². The van der Waals surface area contributed by atoms with E-state index in [1.807, 2.05) is 62.3 Å². The fourth-order valence-electron chi connectivity index (χ4n) is 3.66. The Morgan fingerprint density at radius 1 is 1.19 bits per heavy atom. The minimum Gasteiger partial charge on any atom is -0.334 e. The molecule has 0 aliphatic carbocycles. The molecule has 1 atom stereocenters. The van der Waals surface area contributed by atoms with Crippen LogP contribution in [-0.4, -0.2) is 69.1 Å². The molecule has 0 saturated carbocycles. The van der Waals surface area contributed by atoms with Gasteiger partial charge >= 0.3 is 0 Å². The van der Waals surface area contributed by atoms with Crippen molar-refractivity contribution in [2.75, 3.05) is 32.0 Å². The Morgan fingerprint density at radius 3 is 2.68 bits per heavy atom. The Morgan fingerprint density at radius 2 is 1.97 bits per heavy atom. The molecule has 8 nitrogen and oxygen atoms in total. The van der Waals surface area contributed by atoms with Crippen LogP contribution in [0.2, 0.25) is 0 Å². The van der Waals surface area contributed by atoms with E-state index in [-0.39, 0.29) is 11.8 Å². The summed E-state index contributed by atoms with van der Waals surface area (Å²) >= 11 is 1.51. The lowest BCUT2D eigenvalue weighted by Crippen LogP contribution is -2.57. The van der Waals surface area contributed by atoms with Gasteiger partial charge in [-0.2, -0.15) is 5.10 Å². The Bertz CT molecular complexity index is 1080. The number of piperazine rings is 1. The number of aromatic nitrogens is 3. The molecule has 1 fully saturated rings. The van der Waals surface area contributed by atoms with Crippen molar-refractivity contribution in [1.82, 2.24) is 24.6 Å².